The van der Waals surface area contributed by atoms with Gasteiger partial charge in [-0.25, -0.2) is 9.29 Å². The Kier molecular flexibility index (Phi) is 4.55. The highest BCUT2D eigenvalue weighted by Gasteiger charge is 2.36. The molecular weight excluding hydrogens is 361 g/mol. The number of carbonyl (C=O) groups excluding carboxylic acids is 2. The lowest BCUT2D eigenvalue weighted by Gasteiger charge is -2.29. The van der Waals surface area contributed by atoms with E-state index in [4.69, 9.17) is 12.2 Å². The molecule has 1 fully saturated rings. The Morgan fingerprint density at radius 3 is 2.46 bits per heavy atom. The molecule has 9 heteroatoms. The quantitative estimate of drug-likeness (QED) is 0.294. The predicted octanol–water partition coefficient (Wildman–Crippen LogP) is 2.57. The molecule has 0 saturated carbocycles. The van der Waals surface area contributed by atoms with Crippen molar-refractivity contribution < 1.29 is 18.9 Å². The van der Waals surface area contributed by atoms with Crippen LogP contribution < -0.4 is 10.2 Å². The van der Waals surface area contributed by atoms with Crippen molar-refractivity contribution in [3.05, 3.63) is 75.6 Å². The molecule has 1 aliphatic heterocycles. The summed E-state index contributed by atoms with van der Waals surface area (Å²) >= 11 is 4.98. The van der Waals surface area contributed by atoms with Crippen LogP contribution in [-0.2, 0) is 9.59 Å². The molecule has 0 unspecified atom stereocenters. The number of halogens is 1. The first-order chi connectivity index (χ1) is 12.4. The fourth-order valence-electron chi connectivity index (χ4n) is 2.44. The van der Waals surface area contributed by atoms with Crippen molar-refractivity contribution in [1.29, 1.82) is 0 Å². The Morgan fingerprint density at radius 2 is 1.77 bits per heavy atom. The summed E-state index contributed by atoms with van der Waals surface area (Å²) in [7, 11) is 0. The molecule has 2 aromatic rings. The Morgan fingerprint density at radius 1 is 1.12 bits per heavy atom. The average Bonchev–Trinajstić information content (AvgIpc) is 2.60. The van der Waals surface area contributed by atoms with Gasteiger partial charge in [0, 0.05) is 6.07 Å². The van der Waals surface area contributed by atoms with Gasteiger partial charge in [0.25, 0.3) is 17.5 Å². The molecule has 0 atom stereocenters. The predicted molar refractivity (Wildman–Crippen MR) is 95.7 cm³/mol. The fourth-order valence-corrected chi connectivity index (χ4v) is 2.71. The van der Waals surface area contributed by atoms with Crippen LogP contribution in [0.5, 0.6) is 0 Å². The molecule has 1 heterocycles. The van der Waals surface area contributed by atoms with Crippen LogP contribution in [0.15, 0.2) is 54.1 Å². The van der Waals surface area contributed by atoms with Crippen molar-refractivity contribution in [3.8, 4) is 0 Å². The third-order valence-corrected chi connectivity index (χ3v) is 3.91. The van der Waals surface area contributed by atoms with Crippen LogP contribution in [-0.4, -0.2) is 21.9 Å². The van der Waals surface area contributed by atoms with Gasteiger partial charge in [-0.2, -0.15) is 0 Å². The number of nitrogens with one attached hydrogen (secondary N) is 1. The highest BCUT2D eigenvalue weighted by atomic mass is 32.1. The number of nitro groups is 1. The standard InChI is InChI=1S/C17H10FN3O4S/c18-12-6-2-4-8-14(12)20-16(23)11(15(22)19-17(20)26)9-10-5-1-3-7-13(10)21(24)25/h1-9H,(H,19,22,26)/b11-9+. The van der Waals surface area contributed by atoms with Gasteiger partial charge in [-0.1, -0.05) is 24.3 Å². The summed E-state index contributed by atoms with van der Waals surface area (Å²) in [5.74, 6) is -2.39. The average molecular weight is 371 g/mol. The van der Waals surface area contributed by atoms with Gasteiger partial charge in [0.2, 0.25) is 0 Å². The van der Waals surface area contributed by atoms with E-state index in [-0.39, 0.29) is 22.1 Å². The molecule has 0 aliphatic carbocycles. The van der Waals surface area contributed by atoms with E-state index in [1.54, 1.807) is 0 Å². The van der Waals surface area contributed by atoms with Gasteiger partial charge in [0.15, 0.2) is 5.11 Å². The van der Waals surface area contributed by atoms with Crippen molar-refractivity contribution in [2.24, 2.45) is 0 Å². The fraction of sp³-hybridized carbons (Fsp3) is 0. The second kappa shape index (κ2) is 6.81. The molecule has 1 N–H and O–H groups in total. The molecule has 0 radical (unpaired) electrons. The maximum atomic E-state index is 14.1. The second-order valence-electron chi connectivity index (χ2n) is 5.23. The van der Waals surface area contributed by atoms with Gasteiger partial charge in [-0.15, -0.1) is 0 Å². The SMILES string of the molecule is O=C1NC(=S)N(c2ccccc2F)C(=O)/C1=C/c1ccccc1[N+](=O)[O-]. The lowest BCUT2D eigenvalue weighted by atomic mass is 10.1. The highest BCUT2D eigenvalue weighted by molar-refractivity contribution is 7.80. The Labute approximate surface area is 151 Å². The van der Waals surface area contributed by atoms with E-state index in [0.717, 1.165) is 17.0 Å². The van der Waals surface area contributed by atoms with Gasteiger partial charge in [-0.05, 0) is 36.5 Å². The number of anilines is 1. The van der Waals surface area contributed by atoms with Crippen LogP contribution in [0.2, 0.25) is 0 Å². The van der Waals surface area contributed by atoms with Gasteiger partial charge in [0.1, 0.15) is 11.4 Å². The summed E-state index contributed by atoms with van der Waals surface area (Å²) in [6.45, 7) is 0. The monoisotopic (exact) mass is 371 g/mol. The van der Waals surface area contributed by atoms with Crippen molar-refractivity contribution in [1.82, 2.24) is 5.32 Å². The van der Waals surface area contributed by atoms with Crippen LogP contribution in [0.1, 0.15) is 5.56 Å². The Bertz CT molecular complexity index is 989. The number of amides is 2. The maximum Gasteiger partial charge on any atom is 0.276 e. The number of hydrogen-bond donors (Lipinski definition) is 1. The van der Waals surface area contributed by atoms with Crippen LogP contribution in [0.4, 0.5) is 15.8 Å². The number of carbonyl (C=O) groups is 2. The third-order valence-electron chi connectivity index (χ3n) is 3.63. The van der Waals surface area contributed by atoms with Crippen molar-refractivity contribution in [2.75, 3.05) is 4.90 Å². The number of para-hydroxylation sites is 2. The maximum absolute atomic E-state index is 14.1. The first-order valence-corrected chi connectivity index (χ1v) is 7.70. The molecule has 26 heavy (non-hydrogen) atoms. The van der Waals surface area contributed by atoms with Crippen molar-refractivity contribution in [3.63, 3.8) is 0 Å². The summed E-state index contributed by atoms with van der Waals surface area (Å²) in [5, 5.41) is 13.1. The Balaban J connectivity index is 2.10. The zero-order chi connectivity index (χ0) is 18.8. The topological polar surface area (TPSA) is 92.6 Å². The number of thiocarbonyl (C=S) groups is 1. The number of benzene rings is 2. The second-order valence-corrected chi connectivity index (χ2v) is 5.61. The number of rotatable bonds is 3. The van der Waals surface area contributed by atoms with E-state index >= 15 is 0 Å². The number of hydrogen-bond acceptors (Lipinski definition) is 5. The van der Waals surface area contributed by atoms with Gasteiger partial charge in [-0.3, -0.25) is 25.0 Å². The van der Waals surface area contributed by atoms with Crippen LogP contribution in [0.3, 0.4) is 0 Å². The van der Waals surface area contributed by atoms with E-state index in [9.17, 15) is 24.1 Å². The first kappa shape index (κ1) is 17.4. The third kappa shape index (κ3) is 3.07. The number of nitro benzene ring substituents is 1. The van der Waals surface area contributed by atoms with Gasteiger partial charge in [0.05, 0.1) is 16.2 Å². The van der Waals surface area contributed by atoms with E-state index in [1.165, 1.54) is 42.5 Å². The molecule has 0 bridgehead atoms. The molecule has 7 nitrogen and oxygen atoms in total. The smallest absolute Gasteiger partial charge is 0.276 e. The molecular formula is C17H10FN3O4S. The molecule has 0 aromatic heterocycles. The summed E-state index contributed by atoms with van der Waals surface area (Å²) in [6.07, 6.45) is 1.09. The summed E-state index contributed by atoms with van der Waals surface area (Å²) < 4.78 is 14.1. The molecule has 2 amide bonds. The summed E-state index contributed by atoms with van der Waals surface area (Å²) in [6, 6.07) is 11.1. The van der Waals surface area contributed by atoms with E-state index in [1.807, 2.05) is 0 Å². The minimum atomic E-state index is -0.873. The molecule has 0 spiro atoms. The molecule has 1 aliphatic rings. The summed E-state index contributed by atoms with van der Waals surface area (Å²) in [4.78, 5) is 36.3. The summed E-state index contributed by atoms with van der Waals surface area (Å²) in [5.41, 5.74) is -0.726. The van der Waals surface area contributed by atoms with Crippen LogP contribution in [0.25, 0.3) is 6.08 Å². The Hall–Kier alpha value is -3.46. The van der Waals surface area contributed by atoms with Crippen LogP contribution in [0, 0.1) is 15.9 Å². The molecule has 3 rings (SSSR count). The first-order valence-electron chi connectivity index (χ1n) is 7.29. The van der Waals surface area contributed by atoms with Crippen LogP contribution >= 0.6 is 12.2 Å². The van der Waals surface area contributed by atoms with Crippen molar-refractivity contribution in [2.45, 2.75) is 0 Å². The lowest BCUT2D eigenvalue weighted by molar-refractivity contribution is -0.385. The highest BCUT2D eigenvalue weighted by Crippen LogP contribution is 2.26. The van der Waals surface area contributed by atoms with E-state index < -0.39 is 28.1 Å². The lowest BCUT2D eigenvalue weighted by Crippen LogP contribution is -2.54. The molecule has 1 saturated heterocycles. The largest absolute Gasteiger partial charge is 0.298 e. The molecule has 130 valence electrons. The normalized spacial score (nSPS) is 16.0. The van der Waals surface area contributed by atoms with Gasteiger partial charge < -0.3 is 0 Å². The minimum Gasteiger partial charge on any atom is -0.298 e. The van der Waals surface area contributed by atoms with E-state index in [0.29, 0.717) is 0 Å². The van der Waals surface area contributed by atoms with Gasteiger partial charge >= 0.3 is 0 Å². The molecule has 2 aromatic carbocycles. The zero-order valence-electron chi connectivity index (χ0n) is 13.0. The zero-order valence-corrected chi connectivity index (χ0v) is 13.8. The number of nitrogens with zero attached hydrogens (tertiary/aromatic N) is 2. The minimum absolute atomic E-state index is 0.0669. The van der Waals surface area contributed by atoms with Crippen molar-refractivity contribution >= 4 is 46.6 Å². The van der Waals surface area contributed by atoms with E-state index in [2.05, 4.69) is 5.32 Å².